The number of carbonyl (C=O) groups is 2. The van der Waals surface area contributed by atoms with Gasteiger partial charge in [-0.15, -0.1) is 12.4 Å². The molecule has 2 aliphatic heterocycles. The summed E-state index contributed by atoms with van der Waals surface area (Å²) in [5.74, 6) is -0.132. The predicted molar refractivity (Wildman–Crippen MR) is 79.5 cm³/mol. The Morgan fingerprint density at radius 1 is 1.29 bits per heavy atom. The van der Waals surface area contributed by atoms with Crippen LogP contribution in [-0.2, 0) is 19.1 Å². The summed E-state index contributed by atoms with van der Waals surface area (Å²) in [4.78, 5) is 27.6. The van der Waals surface area contributed by atoms with Crippen molar-refractivity contribution in [2.24, 2.45) is 0 Å². The van der Waals surface area contributed by atoms with Gasteiger partial charge in [0.1, 0.15) is 6.04 Å². The lowest BCUT2D eigenvalue weighted by molar-refractivity contribution is -0.145. The SMILES string of the molecule is C[C@H]1OCCN[C@@H]1C(=O)N(C)CC(=O)N1CCOCC1.Cl. The maximum absolute atomic E-state index is 12.3. The maximum atomic E-state index is 12.3. The number of hydrogen-bond donors (Lipinski definition) is 1. The number of amides is 2. The van der Waals surface area contributed by atoms with Crippen molar-refractivity contribution >= 4 is 24.2 Å². The van der Waals surface area contributed by atoms with Gasteiger partial charge in [-0.05, 0) is 6.92 Å². The van der Waals surface area contributed by atoms with Crippen LogP contribution in [0, 0.1) is 0 Å². The lowest BCUT2D eigenvalue weighted by Gasteiger charge is -2.33. The van der Waals surface area contributed by atoms with Crippen LogP contribution < -0.4 is 5.32 Å². The van der Waals surface area contributed by atoms with Crippen LogP contribution in [0.2, 0.25) is 0 Å². The Hall–Kier alpha value is -0.890. The average molecular weight is 322 g/mol. The van der Waals surface area contributed by atoms with Crippen LogP contribution in [0.1, 0.15) is 6.92 Å². The molecule has 0 aliphatic carbocycles. The third-order valence-corrected chi connectivity index (χ3v) is 3.69. The molecule has 0 saturated carbocycles. The van der Waals surface area contributed by atoms with Crippen LogP contribution in [-0.4, -0.2) is 86.8 Å². The Kier molecular flexibility index (Phi) is 7.37. The lowest BCUT2D eigenvalue weighted by atomic mass is 10.1. The molecule has 7 nitrogen and oxygen atoms in total. The molecule has 2 fully saturated rings. The third kappa shape index (κ3) is 4.81. The minimum absolute atomic E-state index is 0. The summed E-state index contributed by atoms with van der Waals surface area (Å²) < 4.78 is 10.7. The van der Waals surface area contributed by atoms with Crippen molar-refractivity contribution < 1.29 is 19.1 Å². The van der Waals surface area contributed by atoms with E-state index in [1.54, 1.807) is 11.9 Å². The van der Waals surface area contributed by atoms with E-state index in [0.717, 1.165) is 0 Å². The van der Waals surface area contributed by atoms with Gasteiger partial charge in [0.05, 0.1) is 32.5 Å². The second kappa shape index (κ2) is 8.53. The Labute approximate surface area is 131 Å². The van der Waals surface area contributed by atoms with Crippen LogP contribution in [0.4, 0.5) is 0 Å². The molecule has 0 unspecified atom stereocenters. The molecule has 8 heteroatoms. The van der Waals surface area contributed by atoms with Crippen LogP contribution >= 0.6 is 12.4 Å². The number of likely N-dealkylation sites (N-methyl/N-ethyl adjacent to an activating group) is 1. The quantitative estimate of drug-likeness (QED) is 0.729. The lowest BCUT2D eigenvalue weighted by Crippen LogP contribution is -2.57. The highest BCUT2D eigenvalue weighted by molar-refractivity contribution is 5.87. The Morgan fingerprint density at radius 2 is 1.95 bits per heavy atom. The van der Waals surface area contributed by atoms with Crippen molar-refractivity contribution in [3.05, 3.63) is 0 Å². The van der Waals surface area contributed by atoms with Gasteiger partial charge in [-0.3, -0.25) is 9.59 Å². The van der Waals surface area contributed by atoms with Gasteiger partial charge in [0.25, 0.3) is 0 Å². The standard InChI is InChI=1S/C13H23N3O4.ClH/c1-10-12(14-3-6-20-10)13(18)15(2)9-11(17)16-4-7-19-8-5-16;/h10,12,14H,3-9H2,1-2H3;1H/t10-,12+;/m1./s1. The topological polar surface area (TPSA) is 71.1 Å². The largest absolute Gasteiger partial charge is 0.378 e. The first-order valence-electron chi connectivity index (χ1n) is 7.05. The Morgan fingerprint density at radius 3 is 2.57 bits per heavy atom. The van der Waals surface area contributed by atoms with Crippen molar-refractivity contribution in [2.45, 2.75) is 19.1 Å². The molecule has 2 aliphatic rings. The van der Waals surface area contributed by atoms with Crippen LogP contribution in [0.25, 0.3) is 0 Å². The zero-order chi connectivity index (χ0) is 14.5. The second-order valence-electron chi connectivity index (χ2n) is 5.20. The van der Waals surface area contributed by atoms with E-state index in [9.17, 15) is 9.59 Å². The molecular weight excluding hydrogens is 298 g/mol. The number of carbonyl (C=O) groups excluding carboxylic acids is 2. The number of halogens is 1. The molecule has 2 heterocycles. The molecule has 0 aromatic carbocycles. The molecule has 21 heavy (non-hydrogen) atoms. The summed E-state index contributed by atoms with van der Waals surface area (Å²) in [6, 6.07) is -0.369. The van der Waals surface area contributed by atoms with E-state index in [1.807, 2.05) is 6.92 Å². The molecule has 1 N–H and O–H groups in total. The summed E-state index contributed by atoms with van der Waals surface area (Å²) >= 11 is 0. The number of nitrogens with zero attached hydrogens (tertiary/aromatic N) is 2. The third-order valence-electron chi connectivity index (χ3n) is 3.69. The van der Waals surface area contributed by atoms with E-state index >= 15 is 0 Å². The monoisotopic (exact) mass is 321 g/mol. The minimum Gasteiger partial charge on any atom is -0.378 e. The van der Waals surface area contributed by atoms with Gasteiger partial charge in [0, 0.05) is 26.7 Å². The van der Waals surface area contributed by atoms with E-state index in [4.69, 9.17) is 9.47 Å². The molecular formula is C13H24ClN3O4. The Balaban J connectivity index is 0.00000220. The van der Waals surface area contributed by atoms with Gasteiger partial charge in [0.2, 0.25) is 11.8 Å². The number of nitrogens with one attached hydrogen (secondary N) is 1. The van der Waals surface area contributed by atoms with E-state index in [-0.39, 0.29) is 42.9 Å². The molecule has 0 spiro atoms. The van der Waals surface area contributed by atoms with Crippen molar-refractivity contribution in [3.8, 4) is 0 Å². The van der Waals surface area contributed by atoms with Crippen molar-refractivity contribution in [1.29, 1.82) is 0 Å². The van der Waals surface area contributed by atoms with Gasteiger partial charge in [0.15, 0.2) is 0 Å². The van der Waals surface area contributed by atoms with Crippen molar-refractivity contribution in [3.63, 3.8) is 0 Å². The van der Waals surface area contributed by atoms with Gasteiger partial charge in [-0.25, -0.2) is 0 Å². The molecule has 2 atom stereocenters. The fourth-order valence-electron chi connectivity index (χ4n) is 2.44. The van der Waals surface area contributed by atoms with Gasteiger partial charge < -0.3 is 24.6 Å². The number of hydrogen-bond acceptors (Lipinski definition) is 5. The summed E-state index contributed by atoms with van der Waals surface area (Å²) in [7, 11) is 1.66. The maximum Gasteiger partial charge on any atom is 0.242 e. The molecule has 0 bridgehead atoms. The van der Waals surface area contributed by atoms with Crippen molar-refractivity contribution in [1.82, 2.24) is 15.1 Å². The molecule has 2 saturated heterocycles. The highest BCUT2D eigenvalue weighted by Crippen LogP contribution is 2.07. The van der Waals surface area contributed by atoms with Crippen LogP contribution in [0.15, 0.2) is 0 Å². The zero-order valence-electron chi connectivity index (χ0n) is 12.5. The number of morpholine rings is 2. The number of ether oxygens (including phenoxy) is 2. The predicted octanol–water partition coefficient (Wildman–Crippen LogP) is -0.898. The van der Waals surface area contributed by atoms with Crippen LogP contribution in [0.5, 0.6) is 0 Å². The van der Waals surface area contributed by atoms with Crippen molar-refractivity contribution in [2.75, 3.05) is 53.0 Å². The second-order valence-corrected chi connectivity index (χ2v) is 5.20. The van der Waals surface area contributed by atoms with E-state index < -0.39 is 0 Å². The normalized spacial score (nSPS) is 25.9. The molecule has 2 rings (SSSR count). The van der Waals surface area contributed by atoms with Gasteiger partial charge in [-0.2, -0.15) is 0 Å². The van der Waals surface area contributed by atoms with Gasteiger partial charge >= 0.3 is 0 Å². The number of rotatable bonds is 3. The fourth-order valence-corrected chi connectivity index (χ4v) is 2.44. The fraction of sp³-hybridized carbons (Fsp3) is 0.846. The molecule has 122 valence electrons. The van der Waals surface area contributed by atoms with Gasteiger partial charge in [-0.1, -0.05) is 0 Å². The summed E-state index contributed by atoms with van der Waals surface area (Å²) in [6.45, 7) is 5.57. The van der Waals surface area contributed by atoms with Crippen LogP contribution in [0.3, 0.4) is 0 Å². The molecule has 0 aromatic rings. The molecule has 0 aromatic heterocycles. The summed E-state index contributed by atoms with van der Waals surface area (Å²) in [5.41, 5.74) is 0. The molecule has 2 amide bonds. The summed E-state index contributed by atoms with van der Waals surface area (Å²) in [6.07, 6.45) is -0.169. The zero-order valence-corrected chi connectivity index (χ0v) is 13.4. The first-order chi connectivity index (χ1) is 9.59. The van der Waals surface area contributed by atoms with E-state index in [1.165, 1.54) is 4.90 Å². The summed E-state index contributed by atoms with van der Waals surface area (Å²) in [5, 5.41) is 3.14. The minimum atomic E-state index is -0.369. The smallest absolute Gasteiger partial charge is 0.242 e. The molecule has 0 radical (unpaired) electrons. The van der Waals surface area contributed by atoms with E-state index in [2.05, 4.69) is 5.32 Å². The Bertz CT molecular complexity index is 363. The highest BCUT2D eigenvalue weighted by Gasteiger charge is 2.31. The average Bonchev–Trinajstić information content (AvgIpc) is 2.48. The first kappa shape index (κ1) is 18.2. The highest BCUT2D eigenvalue weighted by atomic mass is 35.5. The first-order valence-corrected chi connectivity index (χ1v) is 7.05. The van der Waals surface area contributed by atoms with E-state index in [0.29, 0.717) is 39.5 Å².